The van der Waals surface area contributed by atoms with Crippen molar-refractivity contribution < 1.29 is 9.90 Å². The van der Waals surface area contributed by atoms with E-state index in [1.165, 1.54) is 11.6 Å². The molecule has 0 amide bonds. The van der Waals surface area contributed by atoms with Gasteiger partial charge in [0.2, 0.25) is 0 Å². The van der Waals surface area contributed by atoms with Gasteiger partial charge in [0.25, 0.3) is 5.56 Å². The van der Waals surface area contributed by atoms with E-state index in [9.17, 15) is 9.59 Å². The first-order valence-corrected chi connectivity index (χ1v) is 6.49. The average Bonchev–Trinajstić information content (AvgIpc) is 2.39. The first kappa shape index (κ1) is 12.7. The summed E-state index contributed by atoms with van der Waals surface area (Å²) in [6.45, 7) is 4.25. The van der Waals surface area contributed by atoms with E-state index in [2.05, 4.69) is 24.9 Å². The number of benzene rings is 1. The van der Waals surface area contributed by atoms with Crippen molar-refractivity contribution in [1.82, 2.24) is 4.98 Å². The molecular formula is C16H15NO3. The number of carbonyl (C=O) groups is 1. The Morgan fingerprint density at radius 3 is 2.70 bits per heavy atom. The summed E-state index contributed by atoms with van der Waals surface area (Å²) in [6, 6.07) is 9.43. The van der Waals surface area contributed by atoms with Gasteiger partial charge in [-0.3, -0.25) is 4.79 Å². The molecule has 0 bridgehead atoms. The molecule has 4 heteroatoms. The predicted octanol–water partition coefficient (Wildman–Crippen LogP) is 2.57. The number of fused-ring (bicyclic) bond motifs is 3. The normalized spacial score (nSPS) is 15.3. The van der Waals surface area contributed by atoms with Gasteiger partial charge in [-0.15, -0.1) is 0 Å². The van der Waals surface area contributed by atoms with E-state index in [0.717, 1.165) is 16.8 Å². The van der Waals surface area contributed by atoms with Crippen LogP contribution in [0.5, 0.6) is 0 Å². The zero-order valence-electron chi connectivity index (χ0n) is 11.4. The molecule has 0 unspecified atom stereocenters. The largest absolute Gasteiger partial charge is 0.477 e. The summed E-state index contributed by atoms with van der Waals surface area (Å²) < 4.78 is 0. The topological polar surface area (TPSA) is 70.2 Å². The standard InChI is InChI=1S/C16H15NO3/c1-16(2)8-9-7-11(15(19)20)14(18)17-13(9)10-5-3-4-6-12(10)16/h3-7H,8H2,1-2H3,(H,17,18)(H,19,20). The molecule has 1 aromatic carbocycles. The molecule has 0 aliphatic heterocycles. The second kappa shape index (κ2) is 4.07. The zero-order chi connectivity index (χ0) is 14.5. The number of carboxylic acids is 1. The van der Waals surface area contributed by atoms with Crippen LogP contribution in [0.2, 0.25) is 0 Å². The third-order valence-electron chi connectivity index (χ3n) is 3.91. The maximum atomic E-state index is 11.9. The molecule has 2 aromatic rings. The van der Waals surface area contributed by atoms with E-state index in [4.69, 9.17) is 5.11 Å². The number of rotatable bonds is 1. The van der Waals surface area contributed by atoms with E-state index in [1.807, 2.05) is 18.2 Å². The quantitative estimate of drug-likeness (QED) is 0.836. The maximum Gasteiger partial charge on any atom is 0.341 e. The van der Waals surface area contributed by atoms with Gasteiger partial charge < -0.3 is 10.1 Å². The van der Waals surface area contributed by atoms with Crippen LogP contribution in [-0.4, -0.2) is 16.1 Å². The number of nitrogens with one attached hydrogen (secondary N) is 1. The molecule has 1 aliphatic rings. The summed E-state index contributed by atoms with van der Waals surface area (Å²) in [6.07, 6.45) is 0.705. The van der Waals surface area contributed by atoms with Gasteiger partial charge in [0.1, 0.15) is 5.56 Å². The summed E-state index contributed by atoms with van der Waals surface area (Å²) >= 11 is 0. The van der Waals surface area contributed by atoms with Gasteiger partial charge in [-0.2, -0.15) is 0 Å². The molecule has 102 valence electrons. The highest BCUT2D eigenvalue weighted by molar-refractivity contribution is 5.88. The van der Waals surface area contributed by atoms with E-state index >= 15 is 0 Å². The molecule has 1 heterocycles. The van der Waals surface area contributed by atoms with Crippen LogP contribution >= 0.6 is 0 Å². The molecule has 1 aromatic heterocycles. The van der Waals surface area contributed by atoms with Crippen LogP contribution in [-0.2, 0) is 11.8 Å². The molecule has 0 saturated heterocycles. The lowest BCUT2D eigenvalue weighted by Crippen LogP contribution is -2.29. The molecule has 1 aliphatic carbocycles. The molecule has 0 spiro atoms. The average molecular weight is 269 g/mol. The maximum absolute atomic E-state index is 11.9. The number of pyridine rings is 1. The minimum atomic E-state index is -1.19. The lowest BCUT2D eigenvalue weighted by atomic mass is 9.71. The van der Waals surface area contributed by atoms with Crippen molar-refractivity contribution in [3.63, 3.8) is 0 Å². The van der Waals surface area contributed by atoms with Crippen LogP contribution in [0.3, 0.4) is 0 Å². The third kappa shape index (κ3) is 1.76. The van der Waals surface area contributed by atoms with Crippen molar-refractivity contribution in [2.75, 3.05) is 0 Å². The van der Waals surface area contributed by atoms with Gasteiger partial charge >= 0.3 is 5.97 Å². The van der Waals surface area contributed by atoms with Crippen molar-refractivity contribution in [1.29, 1.82) is 0 Å². The minimum absolute atomic E-state index is 0.0857. The molecule has 0 radical (unpaired) electrons. The lowest BCUT2D eigenvalue weighted by Gasteiger charge is -2.33. The SMILES string of the molecule is CC1(C)Cc2cc(C(=O)O)c(=O)[nH]c2-c2ccccc21. The third-order valence-corrected chi connectivity index (χ3v) is 3.91. The molecule has 2 N–H and O–H groups in total. The van der Waals surface area contributed by atoms with Crippen LogP contribution in [0.4, 0.5) is 0 Å². The number of hydrogen-bond donors (Lipinski definition) is 2. The molecule has 4 nitrogen and oxygen atoms in total. The number of aromatic amines is 1. The smallest absolute Gasteiger partial charge is 0.341 e. The fourth-order valence-corrected chi connectivity index (χ4v) is 2.97. The Balaban J connectivity index is 2.33. The Morgan fingerprint density at radius 2 is 2.00 bits per heavy atom. The number of aromatic carboxylic acids is 1. The zero-order valence-corrected chi connectivity index (χ0v) is 11.4. The number of H-pyrrole nitrogens is 1. The minimum Gasteiger partial charge on any atom is -0.477 e. The Hall–Kier alpha value is -2.36. The summed E-state index contributed by atoms with van der Waals surface area (Å²) in [7, 11) is 0. The number of aromatic nitrogens is 1. The lowest BCUT2D eigenvalue weighted by molar-refractivity contribution is 0.0694. The Morgan fingerprint density at radius 1 is 1.30 bits per heavy atom. The van der Waals surface area contributed by atoms with E-state index in [0.29, 0.717) is 6.42 Å². The number of carboxylic acid groups (broad SMARTS) is 1. The second-order valence-corrected chi connectivity index (χ2v) is 5.82. The van der Waals surface area contributed by atoms with E-state index < -0.39 is 11.5 Å². The van der Waals surface area contributed by atoms with Gasteiger partial charge in [-0.25, -0.2) is 4.79 Å². The Kier molecular flexibility index (Phi) is 2.57. The van der Waals surface area contributed by atoms with E-state index in [1.54, 1.807) is 0 Å². The van der Waals surface area contributed by atoms with Gasteiger partial charge in [0.05, 0.1) is 5.69 Å². The van der Waals surface area contributed by atoms with Gasteiger partial charge in [0, 0.05) is 5.56 Å². The van der Waals surface area contributed by atoms with Crippen molar-refractivity contribution in [2.45, 2.75) is 25.7 Å². The van der Waals surface area contributed by atoms with Crippen molar-refractivity contribution in [3.05, 3.63) is 57.4 Å². The highest BCUT2D eigenvalue weighted by atomic mass is 16.4. The first-order valence-electron chi connectivity index (χ1n) is 6.49. The predicted molar refractivity (Wildman–Crippen MR) is 76.2 cm³/mol. The highest BCUT2D eigenvalue weighted by Gasteiger charge is 2.32. The van der Waals surface area contributed by atoms with Crippen LogP contribution in [0.25, 0.3) is 11.3 Å². The molecule has 3 rings (SSSR count). The Bertz CT molecular complexity index is 772. The first-order chi connectivity index (χ1) is 9.40. The summed E-state index contributed by atoms with van der Waals surface area (Å²) in [5.74, 6) is -1.19. The molecule has 0 atom stereocenters. The van der Waals surface area contributed by atoms with Crippen LogP contribution < -0.4 is 5.56 Å². The van der Waals surface area contributed by atoms with Gasteiger partial charge in [-0.1, -0.05) is 38.1 Å². The van der Waals surface area contributed by atoms with Crippen LogP contribution in [0.15, 0.2) is 35.1 Å². The van der Waals surface area contributed by atoms with Gasteiger partial charge in [-0.05, 0) is 29.0 Å². The monoisotopic (exact) mass is 269 g/mol. The molecule has 0 saturated carbocycles. The van der Waals surface area contributed by atoms with Crippen molar-refractivity contribution in [2.24, 2.45) is 0 Å². The highest BCUT2D eigenvalue weighted by Crippen LogP contribution is 2.41. The summed E-state index contributed by atoms with van der Waals surface area (Å²) in [5.41, 5.74) is 2.95. The van der Waals surface area contributed by atoms with Crippen molar-refractivity contribution >= 4 is 5.97 Å². The molecule has 20 heavy (non-hydrogen) atoms. The molecule has 0 fully saturated rings. The number of hydrogen-bond acceptors (Lipinski definition) is 2. The fraction of sp³-hybridized carbons (Fsp3) is 0.250. The van der Waals surface area contributed by atoms with Gasteiger partial charge in [0.15, 0.2) is 0 Å². The van der Waals surface area contributed by atoms with Crippen molar-refractivity contribution in [3.8, 4) is 11.3 Å². The molecular weight excluding hydrogens is 254 g/mol. The summed E-state index contributed by atoms with van der Waals surface area (Å²) in [5, 5.41) is 9.07. The second-order valence-electron chi connectivity index (χ2n) is 5.82. The van der Waals surface area contributed by atoms with Crippen LogP contribution in [0.1, 0.15) is 35.3 Å². The Labute approximate surface area is 116 Å². The fourth-order valence-electron chi connectivity index (χ4n) is 2.97. The van der Waals surface area contributed by atoms with Crippen LogP contribution in [0, 0.1) is 0 Å². The summed E-state index contributed by atoms with van der Waals surface area (Å²) in [4.78, 5) is 25.7. The van der Waals surface area contributed by atoms with E-state index in [-0.39, 0.29) is 11.0 Å².